The van der Waals surface area contributed by atoms with E-state index in [1.54, 1.807) is 12.2 Å². The SMILES string of the molecule is O=C1[C@@H]2[C@H](C(=O)N1O)[C@H]1C=C[C@@H]2O1. The Morgan fingerprint density at radius 3 is 2.08 bits per heavy atom. The van der Waals surface area contributed by atoms with Crippen molar-refractivity contribution < 1.29 is 19.5 Å². The maximum absolute atomic E-state index is 11.3. The van der Waals surface area contributed by atoms with E-state index in [2.05, 4.69) is 0 Å². The van der Waals surface area contributed by atoms with E-state index in [9.17, 15) is 9.59 Å². The normalized spacial score (nSPS) is 46.4. The van der Waals surface area contributed by atoms with Crippen LogP contribution in [-0.4, -0.2) is 34.3 Å². The highest BCUT2D eigenvalue weighted by Crippen LogP contribution is 2.44. The van der Waals surface area contributed by atoms with Crippen LogP contribution >= 0.6 is 0 Å². The van der Waals surface area contributed by atoms with Crippen LogP contribution in [-0.2, 0) is 14.3 Å². The average Bonchev–Trinajstić information content (AvgIpc) is 2.76. The number of amides is 2. The second-order valence-electron chi connectivity index (χ2n) is 3.49. The van der Waals surface area contributed by atoms with Crippen LogP contribution in [0.3, 0.4) is 0 Å². The summed E-state index contributed by atoms with van der Waals surface area (Å²) in [5.74, 6) is -2.06. The van der Waals surface area contributed by atoms with Crippen LogP contribution in [0.1, 0.15) is 0 Å². The highest BCUT2D eigenvalue weighted by atomic mass is 16.5. The second kappa shape index (κ2) is 2.00. The van der Waals surface area contributed by atoms with Gasteiger partial charge in [0, 0.05) is 0 Å². The van der Waals surface area contributed by atoms with E-state index in [4.69, 9.17) is 9.94 Å². The van der Waals surface area contributed by atoms with E-state index in [1.165, 1.54) is 0 Å². The van der Waals surface area contributed by atoms with Crippen molar-refractivity contribution in [1.29, 1.82) is 0 Å². The van der Waals surface area contributed by atoms with Gasteiger partial charge in [-0.15, -0.1) is 0 Å². The molecule has 0 spiro atoms. The lowest BCUT2D eigenvalue weighted by Crippen LogP contribution is -2.31. The number of imide groups is 1. The first-order chi connectivity index (χ1) is 6.20. The van der Waals surface area contributed by atoms with Gasteiger partial charge in [0.25, 0.3) is 11.8 Å². The summed E-state index contributed by atoms with van der Waals surface area (Å²) in [7, 11) is 0. The second-order valence-corrected chi connectivity index (χ2v) is 3.49. The molecule has 2 saturated heterocycles. The monoisotopic (exact) mass is 181 g/mol. The molecule has 0 aromatic heterocycles. The van der Waals surface area contributed by atoms with Gasteiger partial charge in [-0.1, -0.05) is 12.2 Å². The zero-order chi connectivity index (χ0) is 9.16. The van der Waals surface area contributed by atoms with Crippen LogP contribution in [0, 0.1) is 11.8 Å². The predicted molar refractivity (Wildman–Crippen MR) is 38.4 cm³/mol. The number of fused-ring (bicyclic) bond motifs is 5. The fourth-order valence-corrected chi connectivity index (χ4v) is 2.29. The molecule has 3 aliphatic rings. The van der Waals surface area contributed by atoms with Gasteiger partial charge >= 0.3 is 0 Å². The molecule has 3 rings (SSSR count). The molecule has 1 N–H and O–H groups in total. The van der Waals surface area contributed by atoms with E-state index in [-0.39, 0.29) is 17.3 Å². The van der Waals surface area contributed by atoms with Crippen LogP contribution < -0.4 is 0 Å². The van der Waals surface area contributed by atoms with Gasteiger partial charge in [0.15, 0.2) is 0 Å². The number of carbonyl (C=O) groups is 2. The highest BCUT2D eigenvalue weighted by Gasteiger charge is 2.60. The standard InChI is InChI=1S/C8H7NO4/c10-7-5-3-1-2-4(13-3)6(5)8(11)9(7)12/h1-6,12H/t3-,4+,5-,6+. The van der Waals surface area contributed by atoms with Crippen molar-refractivity contribution in [2.75, 3.05) is 0 Å². The average molecular weight is 181 g/mol. The molecule has 0 radical (unpaired) electrons. The smallest absolute Gasteiger partial charge is 0.260 e. The fourth-order valence-electron chi connectivity index (χ4n) is 2.29. The Hall–Kier alpha value is -1.20. The molecule has 0 aromatic carbocycles. The summed E-state index contributed by atoms with van der Waals surface area (Å²) < 4.78 is 5.34. The van der Waals surface area contributed by atoms with Gasteiger partial charge in [0.2, 0.25) is 0 Å². The molecule has 0 aliphatic carbocycles. The third-order valence-electron chi connectivity index (χ3n) is 2.89. The molecule has 3 aliphatic heterocycles. The first kappa shape index (κ1) is 7.23. The molecule has 13 heavy (non-hydrogen) atoms. The Kier molecular flexibility index (Phi) is 1.11. The third-order valence-corrected chi connectivity index (χ3v) is 2.89. The molecule has 0 unspecified atom stereocenters. The number of rotatable bonds is 0. The van der Waals surface area contributed by atoms with Crippen molar-refractivity contribution in [1.82, 2.24) is 5.06 Å². The lowest BCUT2D eigenvalue weighted by molar-refractivity contribution is -0.175. The van der Waals surface area contributed by atoms with E-state index in [0.29, 0.717) is 0 Å². The first-order valence-corrected chi connectivity index (χ1v) is 4.10. The van der Waals surface area contributed by atoms with Crippen LogP contribution in [0.2, 0.25) is 0 Å². The molecule has 2 bridgehead atoms. The zero-order valence-corrected chi connectivity index (χ0v) is 6.58. The van der Waals surface area contributed by atoms with E-state index < -0.39 is 23.7 Å². The number of carbonyl (C=O) groups excluding carboxylic acids is 2. The van der Waals surface area contributed by atoms with Crippen molar-refractivity contribution in [3.05, 3.63) is 12.2 Å². The Balaban J connectivity index is 2.08. The van der Waals surface area contributed by atoms with Gasteiger partial charge in [0.1, 0.15) is 0 Å². The predicted octanol–water partition coefficient (Wildman–Crippen LogP) is -0.686. The Bertz CT molecular complexity index is 307. The minimum absolute atomic E-state index is 0.227. The van der Waals surface area contributed by atoms with Crippen molar-refractivity contribution in [2.45, 2.75) is 12.2 Å². The van der Waals surface area contributed by atoms with Crippen molar-refractivity contribution in [3.8, 4) is 0 Å². The molecule has 0 saturated carbocycles. The minimum atomic E-state index is -0.535. The summed E-state index contributed by atoms with van der Waals surface area (Å²) in [6.07, 6.45) is 2.92. The van der Waals surface area contributed by atoms with Crippen molar-refractivity contribution in [2.24, 2.45) is 11.8 Å². The van der Waals surface area contributed by atoms with Crippen molar-refractivity contribution >= 4 is 11.8 Å². The quantitative estimate of drug-likeness (QED) is 0.305. The topological polar surface area (TPSA) is 66.8 Å². The summed E-state index contributed by atoms with van der Waals surface area (Å²) in [5, 5.41) is 9.31. The van der Waals surface area contributed by atoms with Crippen LogP contribution in [0.4, 0.5) is 0 Å². The Morgan fingerprint density at radius 1 is 1.15 bits per heavy atom. The molecule has 2 amide bonds. The van der Waals surface area contributed by atoms with E-state index >= 15 is 0 Å². The molecule has 68 valence electrons. The molecular formula is C8H7NO4. The summed E-state index contributed by atoms with van der Waals surface area (Å²) >= 11 is 0. The highest BCUT2D eigenvalue weighted by molar-refractivity contribution is 6.05. The van der Waals surface area contributed by atoms with Crippen molar-refractivity contribution in [3.63, 3.8) is 0 Å². The maximum atomic E-state index is 11.3. The zero-order valence-electron chi connectivity index (χ0n) is 6.58. The number of nitrogens with zero attached hydrogens (tertiary/aromatic N) is 1. The summed E-state index contributed by atoms with van der Waals surface area (Å²) in [5.41, 5.74) is 0. The maximum Gasteiger partial charge on any atom is 0.260 e. The third kappa shape index (κ3) is 0.653. The molecule has 0 aromatic rings. The lowest BCUT2D eigenvalue weighted by Gasteiger charge is -2.09. The molecular weight excluding hydrogens is 174 g/mol. The molecule has 2 fully saturated rings. The molecule has 5 heteroatoms. The first-order valence-electron chi connectivity index (χ1n) is 4.10. The van der Waals surface area contributed by atoms with Crippen LogP contribution in [0.5, 0.6) is 0 Å². The number of hydrogen-bond acceptors (Lipinski definition) is 4. The molecule has 3 heterocycles. The fraction of sp³-hybridized carbons (Fsp3) is 0.500. The van der Waals surface area contributed by atoms with Gasteiger partial charge in [0.05, 0.1) is 24.0 Å². The van der Waals surface area contributed by atoms with Gasteiger partial charge in [-0.05, 0) is 0 Å². The van der Waals surface area contributed by atoms with Crippen LogP contribution in [0.15, 0.2) is 12.2 Å². The van der Waals surface area contributed by atoms with Gasteiger partial charge < -0.3 is 4.74 Å². The summed E-state index contributed by atoms with van der Waals surface area (Å²) in [6.45, 7) is 0. The summed E-state index contributed by atoms with van der Waals surface area (Å²) in [4.78, 5) is 22.7. The van der Waals surface area contributed by atoms with Gasteiger partial charge in [-0.25, -0.2) is 0 Å². The lowest BCUT2D eigenvalue weighted by atomic mass is 9.85. The Labute approximate surface area is 73.5 Å². The van der Waals surface area contributed by atoms with E-state index in [1.807, 2.05) is 0 Å². The van der Waals surface area contributed by atoms with Gasteiger partial charge in [-0.2, -0.15) is 5.06 Å². The molecule has 5 nitrogen and oxygen atoms in total. The van der Waals surface area contributed by atoms with E-state index in [0.717, 1.165) is 0 Å². The summed E-state index contributed by atoms with van der Waals surface area (Å²) in [6, 6.07) is 0. The number of ether oxygens (including phenoxy) is 1. The largest absolute Gasteiger partial charge is 0.365 e. The molecule has 4 atom stereocenters. The minimum Gasteiger partial charge on any atom is -0.365 e. The number of hydroxylamine groups is 2. The number of hydrogen-bond donors (Lipinski definition) is 1. The Morgan fingerprint density at radius 2 is 1.62 bits per heavy atom. The van der Waals surface area contributed by atoms with Gasteiger partial charge in [-0.3, -0.25) is 14.8 Å². The van der Waals surface area contributed by atoms with Crippen LogP contribution in [0.25, 0.3) is 0 Å².